The van der Waals surface area contributed by atoms with Gasteiger partial charge in [-0.15, -0.1) is 0 Å². The van der Waals surface area contributed by atoms with Crippen LogP contribution in [0.3, 0.4) is 0 Å². The van der Waals surface area contributed by atoms with Crippen molar-refractivity contribution in [1.82, 2.24) is 4.90 Å². The van der Waals surface area contributed by atoms with Crippen LogP contribution in [-0.4, -0.2) is 55.5 Å². The van der Waals surface area contributed by atoms with Gasteiger partial charge in [-0.05, 0) is 42.7 Å². The van der Waals surface area contributed by atoms with E-state index < -0.39 is 5.60 Å². The highest BCUT2D eigenvalue weighted by atomic mass is 16.6. The number of carbonyl (C=O) groups excluding carboxylic acids is 1. The van der Waals surface area contributed by atoms with Gasteiger partial charge in [-0.25, -0.2) is 4.79 Å². The fraction of sp³-hybridized carbons (Fsp3) is 0.409. The molecular weight excluding hydrogens is 356 g/mol. The molecule has 1 amide bonds. The molecule has 2 aliphatic rings. The normalized spacial score (nSPS) is 22.1. The Labute approximate surface area is 165 Å². The van der Waals surface area contributed by atoms with Crippen molar-refractivity contribution in [3.8, 4) is 5.75 Å². The molecule has 2 aliphatic heterocycles. The van der Waals surface area contributed by atoms with Gasteiger partial charge < -0.3 is 14.6 Å². The van der Waals surface area contributed by atoms with E-state index in [-0.39, 0.29) is 12.2 Å². The third-order valence-corrected chi connectivity index (χ3v) is 5.71. The van der Waals surface area contributed by atoms with Gasteiger partial charge in [0.2, 0.25) is 0 Å². The molecule has 1 atom stereocenters. The van der Waals surface area contributed by atoms with Crippen molar-refractivity contribution in [2.75, 3.05) is 38.2 Å². The Kier molecular flexibility index (Phi) is 5.24. The molecule has 2 saturated heterocycles. The summed E-state index contributed by atoms with van der Waals surface area (Å²) >= 11 is 0. The van der Waals surface area contributed by atoms with Gasteiger partial charge in [0.05, 0.1) is 19.3 Å². The highest BCUT2D eigenvalue weighted by Crippen LogP contribution is 2.34. The van der Waals surface area contributed by atoms with E-state index in [1.165, 1.54) is 0 Å². The molecule has 0 aliphatic carbocycles. The summed E-state index contributed by atoms with van der Waals surface area (Å²) < 4.78 is 10.8. The Morgan fingerprint density at radius 1 is 1.11 bits per heavy atom. The molecule has 4 rings (SSSR count). The van der Waals surface area contributed by atoms with Crippen LogP contribution in [0.1, 0.15) is 18.4 Å². The maximum Gasteiger partial charge on any atom is 0.414 e. The van der Waals surface area contributed by atoms with Gasteiger partial charge in [-0.3, -0.25) is 9.80 Å². The topological polar surface area (TPSA) is 62.2 Å². The number of benzene rings is 2. The summed E-state index contributed by atoms with van der Waals surface area (Å²) in [6, 6.07) is 17.2. The van der Waals surface area contributed by atoms with Crippen molar-refractivity contribution in [1.29, 1.82) is 0 Å². The van der Waals surface area contributed by atoms with Gasteiger partial charge in [0.15, 0.2) is 0 Å². The number of carbonyl (C=O) groups is 1. The minimum absolute atomic E-state index is 0.153. The van der Waals surface area contributed by atoms with Crippen molar-refractivity contribution >= 4 is 11.8 Å². The van der Waals surface area contributed by atoms with E-state index in [0.29, 0.717) is 25.9 Å². The van der Waals surface area contributed by atoms with Crippen molar-refractivity contribution in [3.05, 3.63) is 60.2 Å². The molecule has 6 heteroatoms. The van der Waals surface area contributed by atoms with Crippen molar-refractivity contribution in [3.63, 3.8) is 0 Å². The lowest BCUT2D eigenvalue weighted by Crippen LogP contribution is -2.45. The molecule has 2 heterocycles. The fourth-order valence-electron chi connectivity index (χ4n) is 4.02. The minimum Gasteiger partial charge on any atom is -0.497 e. The average molecular weight is 382 g/mol. The molecule has 1 N–H and O–H groups in total. The van der Waals surface area contributed by atoms with E-state index in [4.69, 9.17) is 9.47 Å². The average Bonchev–Trinajstić information content (AvgIpc) is 3.10. The highest BCUT2D eigenvalue weighted by molar-refractivity contribution is 5.89. The zero-order chi connectivity index (χ0) is 19.6. The fourth-order valence-corrected chi connectivity index (χ4v) is 4.02. The van der Waals surface area contributed by atoms with Gasteiger partial charge in [-0.1, -0.05) is 30.3 Å². The Balaban J connectivity index is 1.32. The standard InChI is InChI=1S/C22H26N2O4/c1-27-19-9-7-17(8-10-19)22(26)11-13-23(14-12-22)15-20-16-24(21(25)28-20)18-5-3-2-4-6-18/h2-10,20,26H,11-16H2,1H3. The second kappa shape index (κ2) is 7.81. The number of hydrogen-bond donors (Lipinski definition) is 1. The smallest absolute Gasteiger partial charge is 0.414 e. The molecule has 0 bridgehead atoms. The Hall–Kier alpha value is -2.57. The number of ether oxygens (including phenoxy) is 2. The van der Waals surface area contributed by atoms with Crippen LogP contribution in [0.2, 0.25) is 0 Å². The summed E-state index contributed by atoms with van der Waals surface area (Å²) in [5.74, 6) is 0.788. The molecule has 0 saturated carbocycles. The number of piperidine rings is 1. The van der Waals surface area contributed by atoms with Gasteiger partial charge in [0, 0.05) is 25.3 Å². The minimum atomic E-state index is -0.814. The third kappa shape index (κ3) is 3.84. The largest absolute Gasteiger partial charge is 0.497 e. The number of amides is 1. The second-order valence-electron chi connectivity index (χ2n) is 7.51. The number of para-hydroxylation sites is 1. The number of aliphatic hydroxyl groups is 1. The first-order valence-corrected chi connectivity index (χ1v) is 9.70. The highest BCUT2D eigenvalue weighted by Gasteiger charge is 2.37. The number of nitrogens with zero attached hydrogens (tertiary/aromatic N) is 2. The zero-order valence-electron chi connectivity index (χ0n) is 16.1. The molecule has 0 radical (unpaired) electrons. The first kappa shape index (κ1) is 18.8. The van der Waals surface area contributed by atoms with Crippen LogP contribution in [0.15, 0.2) is 54.6 Å². The SMILES string of the molecule is COc1ccc(C2(O)CCN(CC3CN(c4ccccc4)C(=O)O3)CC2)cc1. The first-order valence-electron chi connectivity index (χ1n) is 9.70. The van der Waals surface area contributed by atoms with Crippen LogP contribution < -0.4 is 9.64 Å². The van der Waals surface area contributed by atoms with Crippen LogP contribution >= 0.6 is 0 Å². The zero-order valence-corrected chi connectivity index (χ0v) is 16.1. The Morgan fingerprint density at radius 2 is 1.79 bits per heavy atom. The molecule has 0 spiro atoms. The number of rotatable bonds is 5. The lowest BCUT2D eigenvalue weighted by molar-refractivity contribution is -0.0325. The number of methoxy groups -OCH3 is 1. The van der Waals surface area contributed by atoms with Crippen LogP contribution in [0, 0.1) is 0 Å². The van der Waals surface area contributed by atoms with Crippen molar-refractivity contribution < 1.29 is 19.4 Å². The van der Waals surface area contributed by atoms with Crippen LogP contribution in [-0.2, 0) is 10.3 Å². The Morgan fingerprint density at radius 3 is 2.43 bits per heavy atom. The monoisotopic (exact) mass is 382 g/mol. The first-order chi connectivity index (χ1) is 13.6. The maximum absolute atomic E-state index is 12.2. The summed E-state index contributed by atoms with van der Waals surface area (Å²) in [6.45, 7) is 2.78. The predicted molar refractivity (Wildman–Crippen MR) is 107 cm³/mol. The summed E-state index contributed by atoms with van der Waals surface area (Å²) in [5, 5.41) is 11.1. The number of cyclic esters (lactones) is 1. The summed E-state index contributed by atoms with van der Waals surface area (Å²) in [4.78, 5) is 16.2. The van der Waals surface area contributed by atoms with Crippen LogP contribution in [0.4, 0.5) is 10.5 Å². The number of hydrogen-bond acceptors (Lipinski definition) is 5. The van der Waals surface area contributed by atoms with Crippen molar-refractivity contribution in [2.45, 2.75) is 24.5 Å². The van der Waals surface area contributed by atoms with E-state index in [2.05, 4.69) is 4.90 Å². The molecule has 0 aromatic heterocycles. The van der Waals surface area contributed by atoms with Crippen LogP contribution in [0.5, 0.6) is 5.75 Å². The number of anilines is 1. The van der Waals surface area contributed by atoms with Crippen LogP contribution in [0.25, 0.3) is 0 Å². The quantitative estimate of drug-likeness (QED) is 0.861. The van der Waals surface area contributed by atoms with Crippen molar-refractivity contribution in [2.24, 2.45) is 0 Å². The maximum atomic E-state index is 12.2. The molecular formula is C22H26N2O4. The lowest BCUT2D eigenvalue weighted by atomic mass is 9.84. The molecule has 148 valence electrons. The molecule has 6 nitrogen and oxygen atoms in total. The molecule has 28 heavy (non-hydrogen) atoms. The van der Waals surface area contributed by atoms with E-state index in [9.17, 15) is 9.90 Å². The number of likely N-dealkylation sites (tertiary alicyclic amines) is 1. The van der Waals surface area contributed by atoms with E-state index in [0.717, 1.165) is 30.1 Å². The summed E-state index contributed by atoms with van der Waals surface area (Å²) in [7, 11) is 1.64. The Bertz CT molecular complexity index is 801. The van der Waals surface area contributed by atoms with E-state index in [1.54, 1.807) is 12.0 Å². The molecule has 2 fully saturated rings. The van der Waals surface area contributed by atoms with Gasteiger partial charge in [0.25, 0.3) is 0 Å². The van der Waals surface area contributed by atoms with Gasteiger partial charge >= 0.3 is 6.09 Å². The molecule has 1 unspecified atom stereocenters. The second-order valence-corrected chi connectivity index (χ2v) is 7.51. The van der Waals surface area contributed by atoms with E-state index >= 15 is 0 Å². The predicted octanol–water partition coefficient (Wildman–Crippen LogP) is 3.00. The molecule has 2 aromatic carbocycles. The summed E-state index contributed by atoms with van der Waals surface area (Å²) in [5.41, 5.74) is 0.976. The lowest BCUT2D eigenvalue weighted by Gasteiger charge is -2.39. The molecule has 2 aromatic rings. The third-order valence-electron chi connectivity index (χ3n) is 5.71. The van der Waals surface area contributed by atoms with Gasteiger partial charge in [-0.2, -0.15) is 0 Å². The van der Waals surface area contributed by atoms with E-state index in [1.807, 2.05) is 54.6 Å². The summed E-state index contributed by atoms with van der Waals surface area (Å²) in [6.07, 6.45) is 0.868. The van der Waals surface area contributed by atoms with Gasteiger partial charge in [0.1, 0.15) is 11.9 Å².